The van der Waals surface area contributed by atoms with Crippen LogP contribution in [-0.4, -0.2) is 34.9 Å². The van der Waals surface area contributed by atoms with Gasteiger partial charge in [-0.25, -0.2) is 0 Å². The van der Waals surface area contributed by atoms with Gasteiger partial charge in [-0.3, -0.25) is 9.78 Å². The Kier molecular flexibility index (Phi) is 7.41. The molecular weight excluding hydrogens is 355 g/mol. The predicted molar refractivity (Wildman–Crippen MR) is 99.7 cm³/mol. The van der Waals surface area contributed by atoms with Crippen LogP contribution in [0.5, 0.6) is 0 Å². The molecule has 1 saturated carbocycles. The van der Waals surface area contributed by atoms with Crippen LogP contribution in [0.3, 0.4) is 0 Å². The fourth-order valence-electron chi connectivity index (χ4n) is 3.40. The van der Waals surface area contributed by atoms with Gasteiger partial charge in [0.2, 0.25) is 5.91 Å². The van der Waals surface area contributed by atoms with Crippen molar-refractivity contribution in [3.8, 4) is 0 Å². The van der Waals surface area contributed by atoms with Crippen LogP contribution in [-0.2, 0) is 11.0 Å². The molecule has 0 aromatic carbocycles. The fraction of sp³-hybridized carbons (Fsp3) is 0.600. The van der Waals surface area contributed by atoms with Gasteiger partial charge in [-0.1, -0.05) is 26.3 Å². The summed E-state index contributed by atoms with van der Waals surface area (Å²) < 4.78 is 38.4. The molecule has 2 atom stereocenters. The molecule has 2 N–H and O–H groups in total. The molecule has 3 rings (SSSR count). The van der Waals surface area contributed by atoms with E-state index < -0.39 is 11.7 Å². The highest BCUT2D eigenvalue weighted by molar-refractivity contribution is 5.80. The first-order valence-electron chi connectivity index (χ1n) is 9.52. The number of carbonyl (C=O) groups excluding carboxylic acids is 1. The summed E-state index contributed by atoms with van der Waals surface area (Å²) in [4.78, 5) is 17.9. The van der Waals surface area contributed by atoms with E-state index in [0.29, 0.717) is 25.1 Å². The normalized spacial score (nSPS) is 22.7. The highest BCUT2D eigenvalue weighted by atomic mass is 19.4. The first-order valence-corrected chi connectivity index (χ1v) is 9.52. The molecule has 2 heterocycles. The lowest BCUT2D eigenvalue weighted by Crippen LogP contribution is -2.38. The zero-order chi connectivity index (χ0) is 20.0. The molecule has 150 valence electrons. The van der Waals surface area contributed by atoms with Crippen molar-refractivity contribution in [3.63, 3.8) is 0 Å². The quantitative estimate of drug-likeness (QED) is 0.830. The zero-order valence-electron chi connectivity index (χ0n) is 15.9. The Morgan fingerprint density at radius 1 is 1.30 bits per heavy atom. The Balaban J connectivity index is 0.000000817. The Hall–Kier alpha value is -1.89. The van der Waals surface area contributed by atoms with E-state index in [4.69, 9.17) is 5.73 Å². The second-order valence-electron chi connectivity index (χ2n) is 7.20. The number of pyridine rings is 1. The van der Waals surface area contributed by atoms with Gasteiger partial charge >= 0.3 is 6.18 Å². The number of nitrogens with two attached hydrogens (primary N) is 1. The molecule has 1 aromatic rings. The van der Waals surface area contributed by atoms with Crippen molar-refractivity contribution in [3.05, 3.63) is 35.7 Å². The number of nitrogens with zero attached hydrogens (tertiary/aromatic N) is 2. The first kappa shape index (κ1) is 21.4. The van der Waals surface area contributed by atoms with Crippen molar-refractivity contribution in [1.29, 1.82) is 0 Å². The average Bonchev–Trinajstić information content (AvgIpc) is 3.08. The van der Waals surface area contributed by atoms with Crippen LogP contribution in [0.25, 0.3) is 5.57 Å². The van der Waals surface area contributed by atoms with Crippen molar-refractivity contribution >= 4 is 11.5 Å². The van der Waals surface area contributed by atoms with E-state index >= 15 is 0 Å². The molecule has 1 aliphatic carbocycles. The van der Waals surface area contributed by atoms with Crippen molar-refractivity contribution in [2.45, 2.75) is 58.2 Å². The number of hydrogen-bond donors (Lipinski definition) is 1. The molecule has 4 nitrogen and oxygen atoms in total. The monoisotopic (exact) mass is 383 g/mol. The number of hydrogen-bond acceptors (Lipinski definition) is 3. The van der Waals surface area contributed by atoms with Gasteiger partial charge in [0.05, 0.1) is 5.56 Å². The maximum Gasteiger partial charge on any atom is 0.417 e. The smallest absolute Gasteiger partial charge is 0.338 e. The van der Waals surface area contributed by atoms with E-state index in [-0.39, 0.29) is 17.9 Å². The SMILES string of the molecule is CCC.N[C@@H]1CC[C@H](C(=O)N2CC=C(c3cncc(C(F)(F)F)c3)CC2)C1. The van der Waals surface area contributed by atoms with E-state index in [9.17, 15) is 18.0 Å². The minimum absolute atomic E-state index is 0.00910. The third-order valence-corrected chi connectivity index (χ3v) is 4.78. The summed E-state index contributed by atoms with van der Waals surface area (Å²) in [5.41, 5.74) is 6.39. The van der Waals surface area contributed by atoms with E-state index in [1.165, 1.54) is 12.6 Å². The molecule has 0 bridgehead atoms. The minimum atomic E-state index is -4.40. The lowest BCUT2D eigenvalue weighted by molar-refractivity contribution is -0.138. The second kappa shape index (κ2) is 9.35. The summed E-state index contributed by atoms with van der Waals surface area (Å²) in [5.74, 6) is 0.102. The van der Waals surface area contributed by atoms with Gasteiger partial charge in [0.25, 0.3) is 0 Å². The molecule has 0 saturated heterocycles. The molecule has 1 aromatic heterocycles. The molecule has 0 radical (unpaired) electrons. The molecule has 1 amide bonds. The lowest BCUT2D eigenvalue weighted by Gasteiger charge is -2.29. The summed E-state index contributed by atoms with van der Waals surface area (Å²) in [6, 6.07) is 1.22. The summed E-state index contributed by atoms with van der Waals surface area (Å²) in [6.07, 6.45) is 3.90. The van der Waals surface area contributed by atoms with E-state index in [1.807, 2.05) is 6.08 Å². The van der Waals surface area contributed by atoms with Crippen molar-refractivity contribution in [2.75, 3.05) is 13.1 Å². The maximum atomic E-state index is 12.8. The predicted octanol–water partition coefficient (Wildman–Crippen LogP) is 4.26. The summed E-state index contributed by atoms with van der Waals surface area (Å²) in [6.45, 7) is 5.20. The van der Waals surface area contributed by atoms with Crippen molar-refractivity contribution < 1.29 is 18.0 Å². The van der Waals surface area contributed by atoms with Crippen LogP contribution in [0.2, 0.25) is 0 Å². The molecular formula is C20H28F3N3O. The van der Waals surface area contributed by atoms with Gasteiger partial charge in [-0.05, 0) is 42.9 Å². The van der Waals surface area contributed by atoms with Crippen LogP contribution < -0.4 is 5.73 Å². The summed E-state index contributed by atoms with van der Waals surface area (Å²) >= 11 is 0. The Labute approximate surface area is 158 Å². The highest BCUT2D eigenvalue weighted by Crippen LogP contribution is 2.32. The Morgan fingerprint density at radius 3 is 2.52 bits per heavy atom. The number of alkyl halides is 3. The van der Waals surface area contributed by atoms with Crippen LogP contribution in [0.4, 0.5) is 13.2 Å². The topological polar surface area (TPSA) is 59.2 Å². The summed E-state index contributed by atoms with van der Waals surface area (Å²) in [7, 11) is 0. The minimum Gasteiger partial charge on any atom is -0.338 e. The van der Waals surface area contributed by atoms with Crippen LogP contribution in [0.1, 0.15) is 57.1 Å². The standard InChI is InChI=1S/C17H20F3N3O.C3H8/c18-17(19,20)14-7-13(9-22-10-14)11-3-5-23(6-4-11)16(24)12-1-2-15(21)8-12;1-3-2/h3,7,9-10,12,15H,1-2,4-6,8,21H2;3H2,1-2H3/t12-,15+;/m0./s1. The Morgan fingerprint density at radius 2 is 2.00 bits per heavy atom. The molecule has 1 aliphatic heterocycles. The first-order chi connectivity index (χ1) is 12.8. The highest BCUT2D eigenvalue weighted by Gasteiger charge is 2.33. The zero-order valence-corrected chi connectivity index (χ0v) is 15.9. The van der Waals surface area contributed by atoms with Crippen LogP contribution in [0, 0.1) is 5.92 Å². The third-order valence-electron chi connectivity index (χ3n) is 4.78. The van der Waals surface area contributed by atoms with Crippen molar-refractivity contribution in [2.24, 2.45) is 11.7 Å². The van der Waals surface area contributed by atoms with E-state index in [1.54, 1.807) is 4.90 Å². The van der Waals surface area contributed by atoms with Crippen LogP contribution in [0.15, 0.2) is 24.5 Å². The average molecular weight is 383 g/mol. The largest absolute Gasteiger partial charge is 0.417 e. The molecule has 7 heteroatoms. The number of aromatic nitrogens is 1. The third kappa shape index (κ3) is 5.79. The fourth-order valence-corrected chi connectivity index (χ4v) is 3.40. The van der Waals surface area contributed by atoms with Crippen LogP contribution >= 0.6 is 0 Å². The molecule has 27 heavy (non-hydrogen) atoms. The molecule has 2 aliphatic rings. The maximum absolute atomic E-state index is 12.8. The molecule has 0 spiro atoms. The van der Waals surface area contributed by atoms with Gasteiger partial charge in [-0.15, -0.1) is 0 Å². The molecule has 1 fully saturated rings. The van der Waals surface area contributed by atoms with E-state index in [0.717, 1.165) is 37.1 Å². The lowest BCUT2D eigenvalue weighted by atomic mass is 9.98. The number of carbonyl (C=O) groups is 1. The Bertz CT molecular complexity index is 673. The van der Waals surface area contributed by atoms with Gasteiger partial charge < -0.3 is 10.6 Å². The second-order valence-corrected chi connectivity index (χ2v) is 7.20. The van der Waals surface area contributed by atoms with Gasteiger partial charge in [0.1, 0.15) is 0 Å². The number of rotatable bonds is 2. The molecule has 0 unspecified atom stereocenters. The van der Waals surface area contributed by atoms with Gasteiger partial charge in [-0.2, -0.15) is 13.2 Å². The number of amides is 1. The van der Waals surface area contributed by atoms with E-state index in [2.05, 4.69) is 18.8 Å². The van der Waals surface area contributed by atoms with Gasteiger partial charge in [0.15, 0.2) is 0 Å². The van der Waals surface area contributed by atoms with Gasteiger partial charge in [0, 0.05) is 37.4 Å². The number of halogens is 3. The van der Waals surface area contributed by atoms with Crippen molar-refractivity contribution in [1.82, 2.24) is 9.88 Å². The summed E-state index contributed by atoms with van der Waals surface area (Å²) in [5, 5.41) is 0.